The van der Waals surface area contributed by atoms with Gasteiger partial charge < -0.3 is 14.8 Å². The molecule has 134 valence electrons. The number of ether oxygens (including phenoxy) is 2. The van der Waals surface area contributed by atoms with Crippen LogP contribution in [0.25, 0.3) is 0 Å². The Bertz CT molecular complexity index is 772. The molecular formula is C16H19N3O5S. The van der Waals surface area contributed by atoms with Gasteiger partial charge in [-0.15, -0.1) is 11.3 Å². The van der Waals surface area contributed by atoms with E-state index in [1.807, 2.05) is 17.5 Å². The number of carbonyl (C=O) groups excluding carboxylic acids is 2. The maximum Gasteiger partial charge on any atom is 0.307 e. The van der Waals surface area contributed by atoms with Crippen molar-refractivity contribution in [3.63, 3.8) is 0 Å². The number of rotatable bonds is 8. The number of carbonyl (C=O) groups is 2. The highest BCUT2D eigenvalue weighted by molar-refractivity contribution is 7.10. The fourth-order valence-electron chi connectivity index (χ4n) is 2.10. The highest BCUT2D eigenvalue weighted by atomic mass is 32.1. The SMILES string of the molecule is COCCn1nc(C(=O)NC(CC(=O)OC)c2cccs2)ccc1=O. The van der Waals surface area contributed by atoms with Crippen LogP contribution in [-0.2, 0) is 20.8 Å². The maximum atomic E-state index is 12.5. The molecule has 2 heterocycles. The largest absolute Gasteiger partial charge is 0.469 e. The number of hydrogen-bond acceptors (Lipinski definition) is 7. The first-order chi connectivity index (χ1) is 12.0. The van der Waals surface area contributed by atoms with Gasteiger partial charge in [0, 0.05) is 18.1 Å². The molecule has 0 saturated heterocycles. The van der Waals surface area contributed by atoms with E-state index in [0.717, 1.165) is 4.88 Å². The quantitative estimate of drug-likeness (QED) is 0.700. The highest BCUT2D eigenvalue weighted by Crippen LogP contribution is 2.22. The number of hydrogen-bond donors (Lipinski definition) is 1. The van der Waals surface area contributed by atoms with Crippen molar-refractivity contribution in [2.45, 2.75) is 19.0 Å². The Balaban J connectivity index is 2.17. The van der Waals surface area contributed by atoms with Gasteiger partial charge in [0.05, 0.1) is 32.7 Å². The summed E-state index contributed by atoms with van der Waals surface area (Å²) >= 11 is 1.42. The summed E-state index contributed by atoms with van der Waals surface area (Å²) in [6, 6.07) is 5.76. The Hall–Kier alpha value is -2.52. The number of nitrogens with zero attached hydrogens (tertiary/aromatic N) is 2. The molecule has 9 heteroatoms. The van der Waals surface area contributed by atoms with Crippen LogP contribution in [0, 0.1) is 0 Å². The second-order valence-corrected chi connectivity index (χ2v) is 6.07. The normalized spacial score (nSPS) is 11.8. The second kappa shape index (κ2) is 9.09. The number of thiophene rings is 1. The first-order valence-corrected chi connectivity index (χ1v) is 8.41. The lowest BCUT2D eigenvalue weighted by atomic mass is 10.1. The predicted octanol–water partition coefficient (Wildman–Crippen LogP) is 0.985. The molecule has 2 aromatic rings. The van der Waals surface area contributed by atoms with Crippen molar-refractivity contribution in [3.05, 3.63) is 50.6 Å². The lowest BCUT2D eigenvalue weighted by molar-refractivity contribution is -0.141. The standard InChI is InChI=1S/C16H19N3O5S/c1-23-8-7-19-14(20)6-5-11(18-19)16(22)17-12(10-15(21)24-2)13-4-3-9-25-13/h3-6,9,12H,7-8,10H2,1-2H3,(H,17,22). The third-order valence-corrected chi connectivity index (χ3v) is 4.38. The summed E-state index contributed by atoms with van der Waals surface area (Å²) < 4.78 is 10.8. The van der Waals surface area contributed by atoms with Gasteiger partial charge in [0.25, 0.3) is 11.5 Å². The summed E-state index contributed by atoms with van der Waals surface area (Å²) in [5.74, 6) is -0.912. The zero-order valence-electron chi connectivity index (χ0n) is 13.9. The molecule has 0 aliphatic heterocycles. The van der Waals surface area contributed by atoms with E-state index in [0.29, 0.717) is 6.61 Å². The van der Waals surface area contributed by atoms with Gasteiger partial charge in [-0.05, 0) is 17.5 Å². The van der Waals surface area contributed by atoms with Gasteiger partial charge in [-0.25, -0.2) is 4.68 Å². The van der Waals surface area contributed by atoms with Crippen molar-refractivity contribution in [1.29, 1.82) is 0 Å². The lowest BCUT2D eigenvalue weighted by Crippen LogP contribution is -2.33. The van der Waals surface area contributed by atoms with E-state index in [1.54, 1.807) is 0 Å². The fraction of sp³-hybridized carbons (Fsp3) is 0.375. The zero-order valence-corrected chi connectivity index (χ0v) is 14.7. The summed E-state index contributed by atoms with van der Waals surface area (Å²) in [7, 11) is 2.81. The van der Waals surface area contributed by atoms with Gasteiger partial charge in [-0.2, -0.15) is 5.10 Å². The molecule has 0 aliphatic rings. The molecule has 1 N–H and O–H groups in total. The zero-order chi connectivity index (χ0) is 18.2. The van der Waals surface area contributed by atoms with E-state index in [1.165, 1.54) is 42.4 Å². The highest BCUT2D eigenvalue weighted by Gasteiger charge is 2.21. The number of amides is 1. The lowest BCUT2D eigenvalue weighted by Gasteiger charge is -2.16. The summed E-state index contributed by atoms with van der Waals surface area (Å²) in [5, 5.41) is 8.66. The van der Waals surface area contributed by atoms with Crippen molar-refractivity contribution in [2.75, 3.05) is 20.8 Å². The van der Waals surface area contributed by atoms with Gasteiger partial charge in [0.1, 0.15) is 5.69 Å². The fourth-order valence-corrected chi connectivity index (χ4v) is 2.88. The van der Waals surface area contributed by atoms with Crippen LogP contribution in [0.15, 0.2) is 34.4 Å². The number of esters is 1. The minimum Gasteiger partial charge on any atom is -0.469 e. The van der Waals surface area contributed by atoms with E-state index in [2.05, 4.69) is 15.2 Å². The third-order valence-electron chi connectivity index (χ3n) is 3.40. The molecule has 1 atom stereocenters. The van der Waals surface area contributed by atoms with Crippen LogP contribution >= 0.6 is 11.3 Å². The Labute approximate surface area is 148 Å². The summed E-state index contributed by atoms with van der Waals surface area (Å²) in [4.78, 5) is 36.7. The molecule has 0 spiro atoms. The van der Waals surface area contributed by atoms with Crippen LogP contribution in [0.4, 0.5) is 0 Å². The van der Waals surface area contributed by atoms with Crippen molar-refractivity contribution in [1.82, 2.24) is 15.1 Å². The Morgan fingerprint density at radius 1 is 1.32 bits per heavy atom. The van der Waals surface area contributed by atoms with Crippen molar-refractivity contribution < 1.29 is 19.1 Å². The molecule has 2 aromatic heterocycles. The minimum atomic E-state index is -0.527. The smallest absolute Gasteiger partial charge is 0.307 e. The van der Waals surface area contributed by atoms with Gasteiger partial charge >= 0.3 is 5.97 Å². The van der Waals surface area contributed by atoms with Gasteiger partial charge in [0.15, 0.2) is 0 Å². The van der Waals surface area contributed by atoms with Gasteiger partial charge in [0.2, 0.25) is 0 Å². The molecule has 1 unspecified atom stereocenters. The van der Waals surface area contributed by atoms with Crippen LogP contribution in [0.5, 0.6) is 0 Å². The van der Waals surface area contributed by atoms with E-state index in [4.69, 9.17) is 4.74 Å². The molecule has 0 fully saturated rings. The van der Waals surface area contributed by atoms with Crippen LogP contribution < -0.4 is 10.9 Å². The molecule has 0 aromatic carbocycles. The van der Waals surface area contributed by atoms with E-state index >= 15 is 0 Å². The Morgan fingerprint density at radius 3 is 2.76 bits per heavy atom. The molecule has 1 amide bonds. The van der Waals surface area contributed by atoms with Crippen LogP contribution in [-0.4, -0.2) is 42.5 Å². The first-order valence-electron chi connectivity index (χ1n) is 7.53. The van der Waals surface area contributed by atoms with Crippen molar-refractivity contribution in [3.8, 4) is 0 Å². The first kappa shape index (κ1) is 18.8. The minimum absolute atomic E-state index is 0.00602. The molecule has 25 heavy (non-hydrogen) atoms. The molecule has 0 bridgehead atoms. The van der Waals surface area contributed by atoms with Crippen LogP contribution in [0.2, 0.25) is 0 Å². The summed E-state index contributed by atoms with van der Waals surface area (Å²) in [5.41, 5.74) is -0.236. The molecule has 0 saturated carbocycles. The van der Waals surface area contributed by atoms with Gasteiger partial charge in [-0.3, -0.25) is 14.4 Å². The molecule has 8 nitrogen and oxygen atoms in total. The number of methoxy groups -OCH3 is 2. The number of aromatic nitrogens is 2. The monoisotopic (exact) mass is 365 g/mol. The van der Waals surface area contributed by atoms with Crippen molar-refractivity contribution >= 4 is 23.2 Å². The van der Waals surface area contributed by atoms with Gasteiger partial charge in [-0.1, -0.05) is 6.07 Å². The molecule has 0 radical (unpaired) electrons. The van der Waals surface area contributed by atoms with E-state index < -0.39 is 17.9 Å². The third kappa shape index (κ3) is 5.23. The average Bonchev–Trinajstić information content (AvgIpc) is 3.14. The number of nitrogens with one attached hydrogen (secondary N) is 1. The molecule has 2 rings (SSSR count). The van der Waals surface area contributed by atoms with E-state index in [9.17, 15) is 14.4 Å². The molecular weight excluding hydrogens is 346 g/mol. The van der Waals surface area contributed by atoms with Crippen LogP contribution in [0.1, 0.15) is 27.8 Å². The van der Waals surface area contributed by atoms with Crippen molar-refractivity contribution in [2.24, 2.45) is 0 Å². The Morgan fingerprint density at radius 2 is 2.12 bits per heavy atom. The second-order valence-electron chi connectivity index (χ2n) is 5.09. The Kier molecular flexibility index (Phi) is 6.84. The predicted molar refractivity (Wildman–Crippen MR) is 91.5 cm³/mol. The summed E-state index contributed by atoms with van der Waals surface area (Å²) in [6.07, 6.45) is 0.00602. The average molecular weight is 365 g/mol. The molecule has 0 aliphatic carbocycles. The summed E-state index contributed by atoms with van der Waals surface area (Å²) in [6.45, 7) is 0.547. The maximum absolute atomic E-state index is 12.5. The van der Waals surface area contributed by atoms with Crippen LogP contribution in [0.3, 0.4) is 0 Å². The van der Waals surface area contributed by atoms with E-state index in [-0.39, 0.29) is 24.2 Å². The topological polar surface area (TPSA) is 99.5 Å².